The molecule has 27 heavy (non-hydrogen) atoms. The second kappa shape index (κ2) is 8.59. The predicted molar refractivity (Wildman–Crippen MR) is 97.1 cm³/mol. The second-order valence-electron chi connectivity index (χ2n) is 6.11. The average Bonchev–Trinajstić information content (AvgIpc) is 3.08. The summed E-state index contributed by atoms with van der Waals surface area (Å²) < 4.78 is 28.1. The van der Waals surface area contributed by atoms with E-state index in [1.165, 1.54) is 6.07 Å². The van der Waals surface area contributed by atoms with Crippen molar-refractivity contribution in [3.8, 4) is 0 Å². The van der Waals surface area contributed by atoms with E-state index in [0.29, 0.717) is 19.5 Å². The topological polar surface area (TPSA) is 79.2 Å². The number of benzene rings is 2. The molecule has 3 aromatic rings. The van der Waals surface area contributed by atoms with E-state index < -0.39 is 23.8 Å². The summed E-state index contributed by atoms with van der Waals surface area (Å²) in [6.07, 6.45) is 1.35. The minimum atomic E-state index is -1.12. The lowest BCUT2D eigenvalue weighted by atomic mass is 10.1. The highest BCUT2D eigenvalue weighted by Gasteiger charge is 2.12. The van der Waals surface area contributed by atoms with E-state index in [1.54, 1.807) is 6.33 Å². The smallest absolute Gasteiger partial charge is 0.314 e. The lowest BCUT2D eigenvalue weighted by Gasteiger charge is -2.13. The third kappa shape index (κ3) is 4.79. The summed E-state index contributed by atoms with van der Waals surface area (Å²) in [5.74, 6) is -2.02. The predicted octanol–water partition coefficient (Wildman–Crippen LogP) is 2.74. The highest BCUT2D eigenvalue weighted by molar-refractivity contribution is 5.75. The number of hydrogen-bond donors (Lipinski definition) is 3. The minimum Gasteiger partial charge on any atom is -0.387 e. The van der Waals surface area contributed by atoms with Crippen LogP contribution in [-0.2, 0) is 6.54 Å². The molecule has 1 heterocycles. The van der Waals surface area contributed by atoms with Gasteiger partial charge in [0.1, 0.15) is 0 Å². The number of amides is 2. The molecule has 2 amide bonds. The molecule has 0 bridgehead atoms. The van der Waals surface area contributed by atoms with Gasteiger partial charge in [-0.25, -0.2) is 18.6 Å². The monoisotopic (exact) mass is 374 g/mol. The van der Waals surface area contributed by atoms with E-state index in [2.05, 4.69) is 15.6 Å². The van der Waals surface area contributed by atoms with Crippen molar-refractivity contribution in [1.82, 2.24) is 20.2 Å². The van der Waals surface area contributed by atoms with E-state index >= 15 is 0 Å². The third-order valence-electron chi connectivity index (χ3n) is 4.17. The van der Waals surface area contributed by atoms with Crippen molar-refractivity contribution >= 4 is 17.1 Å². The molecule has 0 spiro atoms. The molecule has 2 aromatic carbocycles. The number of aromatic nitrogens is 2. The van der Waals surface area contributed by atoms with Crippen LogP contribution >= 0.6 is 0 Å². The number of hydrogen-bond acceptors (Lipinski definition) is 3. The fourth-order valence-electron chi connectivity index (χ4n) is 2.73. The quantitative estimate of drug-likeness (QED) is 0.557. The lowest BCUT2D eigenvalue weighted by molar-refractivity contribution is 0.172. The maximum Gasteiger partial charge on any atom is 0.314 e. The highest BCUT2D eigenvalue weighted by atomic mass is 19.2. The van der Waals surface area contributed by atoms with Gasteiger partial charge in [0.15, 0.2) is 11.6 Å². The van der Waals surface area contributed by atoms with Crippen LogP contribution in [0.1, 0.15) is 18.1 Å². The first-order chi connectivity index (χ1) is 13.0. The van der Waals surface area contributed by atoms with Crippen molar-refractivity contribution in [1.29, 1.82) is 0 Å². The summed E-state index contributed by atoms with van der Waals surface area (Å²) in [6.45, 7) is 1.04. The molecule has 3 rings (SSSR count). The summed E-state index contributed by atoms with van der Waals surface area (Å²) in [6, 6.07) is 10.5. The molecule has 0 fully saturated rings. The van der Waals surface area contributed by atoms with Gasteiger partial charge in [-0.15, -0.1) is 0 Å². The molecule has 0 saturated heterocycles. The Bertz CT molecular complexity index is 929. The van der Waals surface area contributed by atoms with Gasteiger partial charge in [-0.3, -0.25) is 0 Å². The Balaban J connectivity index is 1.39. The van der Waals surface area contributed by atoms with Gasteiger partial charge < -0.3 is 20.3 Å². The Labute approximate surface area is 154 Å². The van der Waals surface area contributed by atoms with Crippen molar-refractivity contribution in [2.45, 2.75) is 19.1 Å². The number of nitrogens with one attached hydrogen (secondary N) is 2. The number of aryl methyl sites for hydroxylation is 1. The molecule has 8 heteroatoms. The number of halogens is 2. The summed E-state index contributed by atoms with van der Waals surface area (Å²) in [7, 11) is 0. The van der Waals surface area contributed by atoms with Gasteiger partial charge in [-0.05, 0) is 36.2 Å². The van der Waals surface area contributed by atoms with Crippen LogP contribution in [-0.4, -0.2) is 33.8 Å². The first-order valence-electron chi connectivity index (χ1n) is 8.59. The molecule has 3 N–H and O–H groups in total. The van der Waals surface area contributed by atoms with Crippen molar-refractivity contribution in [3.63, 3.8) is 0 Å². The maximum atomic E-state index is 13.2. The second-order valence-corrected chi connectivity index (χ2v) is 6.11. The van der Waals surface area contributed by atoms with Crippen LogP contribution in [0.3, 0.4) is 0 Å². The van der Waals surface area contributed by atoms with Gasteiger partial charge in [-0.2, -0.15) is 0 Å². The van der Waals surface area contributed by atoms with Crippen LogP contribution in [0.5, 0.6) is 0 Å². The first kappa shape index (κ1) is 18.8. The summed E-state index contributed by atoms with van der Waals surface area (Å²) in [5, 5.41) is 15.1. The molecule has 1 aromatic heterocycles. The molecule has 0 radical (unpaired) electrons. The third-order valence-corrected chi connectivity index (χ3v) is 4.17. The van der Waals surface area contributed by atoms with Crippen LogP contribution in [0.15, 0.2) is 48.8 Å². The zero-order chi connectivity index (χ0) is 19.2. The molecular weight excluding hydrogens is 354 g/mol. The zero-order valence-corrected chi connectivity index (χ0v) is 14.5. The number of urea groups is 1. The Morgan fingerprint density at radius 1 is 1.15 bits per heavy atom. The van der Waals surface area contributed by atoms with Crippen LogP contribution in [0.2, 0.25) is 0 Å². The van der Waals surface area contributed by atoms with E-state index in [-0.39, 0.29) is 12.1 Å². The number of rotatable bonds is 7. The first-order valence-corrected chi connectivity index (χ1v) is 8.59. The Morgan fingerprint density at radius 2 is 1.96 bits per heavy atom. The van der Waals surface area contributed by atoms with Crippen LogP contribution < -0.4 is 10.6 Å². The Kier molecular flexibility index (Phi) is 5.97. The highest BCUT2D eigenvalue weighted by Crippen LogP contribution is 2.15. The van der Waals surface area contributed by atoms with Gasteiger partial charge in [-0.1, -0.05) is 18.2 Å². The average molecular weight is 374 g/mol. The largest absolute Gasteiger partial charge is 0.387 e. The van der Waals surface area contributed by atoms with Gasteiger partial charge in [0.05, 0.1) is 23.5 Å². The Hall–Kier alpha value is -3.00. The lowest BCUT2D eigenvalue weighted by Crippen LogP contribution is -2.38. The molecule has 1 atom stereocenters. The summed E-state index contributed by atoms with van der Waals surface area (Å²) in [4.78, 5) is 16.1. The van der Waals surface area contributed by atoms with E-state index in [4.69, 9.17) is 0 Å². The SMILES string of the molecule is O=C(NCCCn1cnc2ccccc21)NC[C@H](O)c1ccc(F)c(F)c1. The van der Waals surface area contributed by atoms with E-state index in [0.717, 1.165) is 23.2 Å². The zero-order valence-electron chi connectivity index (χ0n) is 14.5. The van der Waals surface area contributed by atoms with Crippen molar-refractivity contribution in [3.05, 3.63) is 66.0 Å². The molecule has 6 nitrogen and oxygen atoms in total. The molecule has 0 aliphatic heterocycles. The summed E-state index contributed by atoms with van der Waals surface area (Å²) in [5.41, 5.74) is 2.16. The number of nitrogens with zero attached hydrogens (tertiary/aromatic N) is 2. The van der Waals surface area contributed by atoms with Crippen molar-refractivity contribution < 1.29 is 18.7 Å². The molecule has 0 unspecified atom stereocenters. The standard InChI is InChI=1S/C19H20F2N4O2/c20-14-7-6-13(10-15(14)21)18(26)11-23-19(27)22-8-3-9-25-12-24-16-4-1-2-5-17(16)25/h1-2,4-7,10,12,18,26H,3,8-9,11H2,(H2,22,23,27)/t18-/m0/s1. The fraction of sp³-hybridized carbons (Fsp3) is 0.263. The number of para-hydroxylation sites is 2. The number of aliphatic hydroxyl groups is 1. The van der Waals surface area contributed by atoms with Crippen molar-refractivity contribution in [2.24, 2.45) is 0 Å². The van der Waals surface area contributed by atoms with Gasteiger partial charge in [0, 0.05) is 19.6 Å². The van der Waals surface area contributed by atoms with Crippen molar-refractivity contribution in [2.75, 3.05) is 13.1 Å². The van der Waals surface area contributed by atoms with E-state index in [9.17, 15) is 18.7 Å². The molecule has 0 saturated carbocycles. The van der Waals surface area contributed by atoms with Crippen LogP contribution in [0.4, 0.5) is 13.6 Å². The van der Waals surface area contributed by atoms with Gasteiger partial charge in [0.2, 0.25) is 0 Å². The molecule has 142 valence electrons. The van der Waals surface area contributed by atoms with E-state index in [1.807, 2.05) is 28.8 Å². The minimum absolute atomic E-state index is 0.108. The van der Waals surface area contributed by atoms with Gasteiger partial charge >= 0.3 is 6.03 Å². The van der Waals surface area contributed by atoms with Crippen LogP contribution in [0.25, 0.3) is 11.0 Å². The number of aliphatic hydroxyl groups excluding tert-OH is 1. The number of fused-ring (bicyclic) bond motifs is 1. The molecule has 0 aliphatic carbocycles. The molecular formula is C19H20F2N4O2. The van der Waals surface area contributed by atoms with Gasteiger partial charge in [0.25, 0.3) is 0 Å². The summed E-state index contributed by atoms with van der Waals surface area (Å²) >= 11 is 0. The number of imidazole rings is 1. The number of carbonyl (C=O) groups excluding carboxylic acids is 1. The normalized spacial score (nSPS) is 12.1. The maximum absolute atomic E-state index is 13.2. The van der Waals surface area contributed by atoms with Crippen LogP contribution in [0, 0.1) is 11.6 Å². The number of carbonyl (C=O) groups is 1. The fourth-order valence-corrected chi connectivity index (χ4v) is 2.73. The Morgan fingerprint density at radius 3 is 2.78 bits per heavy atom. The molecule has 0 aliphatic rings.